The molecular weight excluding hydrogens is 487 g/mol. The summed E-state index contributed by atoms with van der Waals surface area (Å²) >= 11 is 2.04. The minimum Gasteiger partial charge on any atom is -0.490 e. The molecule has 0 radical (unpaired) electrons. The van der Waals surface area contributed by atoms with Crippen LogP contribution >= 0.6 is 22.6 Å². The molecule has 0 unspecified atom stereocenters. The lowest BCUT2D eigenvalue weighted by atomic mass is 10.1. The van der Waals surface area contributed by atoms with Gasteiger partial charge < -0.3 is 19.5 Å². The average Bonchev–Trinajstić information content (AvgIpc) is 2.72. The van der Waals surface area contributed by atoms with Gasteiger partial charge in [0.15, 0.2) is 18.1 Å². The Balaban J connectivity index is 2.30. The van der Waals surface area contributed by atoms with Gasteiger partial charge >= 0.3 is 5.97 Å². The Morgan fingerprint density at radius 3 is 2.55 bits per heavy atom. The number of anilines is 1. The van der Waals surface area contributed by atoms with Gasteiger partial charge in [-0.3, -0.25) is 4.79 Å². The first-order valence-electron chi connectivity index (χ1n) is 8.62. The van der Waals surface area contributed by atoms with E-state index in [1.807, 2.05) is 41.7 Å². The molecular formula is C21H19IN2O5. The molecule has 29 heavy (non-hydrogen) atoms. The van der Waals surface area contributed by atoms with Gasteiger partial charge in [0.05, 0.1) is 17.3 Å². The summed E-state index contributed by atoms with van der Waals surface area (Å²) in [5, 5.41) is 12.1. The van der Waals surface area contributed by atoms with Crippen molar-refractivity contribution < 1.29 is 23.8 Å². The largest absolute Gasteiger partial charge is 0.490 e. The Morgan fingerprint density at radius 2 is 1.93 bits per heavy atom. The lowest BCUT2D eigenvalue weighted by Crippen LogP contribution is -2.14. The van der Waals surface area contributed by atoms with Crippen molar-refractivity contribution in [2.75, 3.05) is 25.6 Å². The molecule has 0 bridgehead atoms. The molecule has 2 aromatic rings. The third-order valence-electron chi connectivity index (χ3n) is 3.60. The highest BCUT2D eigenvalue weighted by Gasteiger charge is 2.15. The minimum absolute atomic E-state index is 0.0599. The molecule has 0 atom stereocenters. The van der Waals surface area contributed by atoms with Crippen LogP contribution in [0.25, 0.3) is 6.08 Å². The number of carbonyl (C=O) groups excluding carboxylic acids is 2. The number of halogens is 1. The summed E-state index contributed by atoms with van der Waals surface area (Å²) in [6.07, 6.45) is 1.47. The highest BCUT2D eigenvalue weighted by atomic mass is 127. The van der Waals surface area contributed by atoms with Gasteiger partial charge in [0.1, 0.15) is 11.6 Å². The average molecular weight is 506 g/mol. The molecule has 1 N–H and O–H groups in total. The van der Waals surface area contributed by atoms with Crippen molar-refractivity contribution in [3.05, 3.63) is 57.2 Å². The molecule has 0 saturated carbocycles. The number of hydrogen-bond acceptors (Lipinski definition) is 6. The molecule has 2 aromatic carbocycles. The van der Waals surface area contributed by atoms with E-state index in [0.717, 1.165) is 0 Å². The highest BCUT2D eigenvalue weighted by Crippen LogP contribution is 2.35. The Morgan fingerprint density at radius 1 is 1.21 bits per heavy atom. The summed E-state index contributed by atoms with van der Waals surface area (Å²) in [4.78, 5) is 23.8. The van der Waals surface area contributed by atoms with E-state index >= 15 is 0 Å². The van der Waals surface area contributed by atoms with E-state index in [2.05, 4.69) is 10.1 Å². The van der Waals surface area contributed by atoms with Gasteiger partial charge in [-0.15, -0.1) is 0 Å². The van der Waals surface area contributed by atoms with Crippen LogP contribution in [0.4, 0.5) is 5.69 Å². The number of esters is 1. The zero-order chi connectivity index (χ0) is 21.2. The van der Waals surface area contributed by atoms with Crippen molar-refractivity contribution in [2.24, 2.45) is 0 Å². The van der Waals surface area contributed by atoms with E-state index in [9.17, 15) is 14.9 Å². The van der Waals surface area contributed by atoms with Crippen molar-refractivity contribution >= 4 is 46.2 Å². The number of amides is 1. The lowest BCUT2D eigenvalue weighted by Gasteiger charge is -2.14. The molecule has 150 valence electrons. The molecule has 0 aromatic heterocycles. The Labute approximate surface area is 182 Å². The molecule has 8 heteroatoms. The van der Waals surface area contributed by atoms with Crippen LogP contribution in [0.15, 0.2) is 48.0 Å². The number of nitrogens with zero attached hydrogens (tertiary/aromatic N) is 1. The number of carbonyl (C=O) groups is 2. The standard InChI is InChI=1S/C21H19IN2O5/c1-3-28-18-11-14(10-17(22)20(18)29-13-19(25)27-2)9-15(12-23)21(26)24-16-7-5-4-6-8-16/h4-11H,3,13H2,1-2H3,(H,24,26)/b15-9+. The van der Waals surface area contributed by atoms with Crippen LogP contribution in [-0.2, 0) is 14.3 Å². The predicted octanol–water partition coefficient (Wildman–Crippen LogP) is 3.79. The van der Waals surface area contributed by atoms with Crippen molar-refractivity contribution in [1.29, 1.82) is 5.26 Å². The van der Waals surface area contributed by atoms with Crippen molar-refractivity contribution in [2.45, 2.75) is 6.92 Å². The summed E-state index contributed by atoms with van der Waals surface area (Å²) in [6.45, 7) is 1.93. The number of ether oxygens (including phenoxy) is 3. The maximum absolute atomic E-state index is 12.4. The first-order chi connectivity index (χ1) is 14.0. The second-order valence-corrected chi connectivity index (χ2v) is 6.78. The fourth-order valence-electron chi connectivity index (χ4n) is 2.30. The Kier molecular flexibility index (Phi) is 8.48. The zero-order valence-corrected chi connectivity index (χ0v) is 18.1. The van der Waals surface area contributed by atoms with Gasteiger partial charge in [-0.05, 0) is 65.4 Å². The molecule has 0 heterocycles. The van der Waals surface area contributed by atoms with E-state index in [1.165, 1.54) is 13.2 Å². The van der Waals surface area contributed by atoms with Gasteiger partial charge in [0, 0.05) is 5.69 Å². The summed E-state index contributed by atoms with van der Waals surface area (Å²) < 4.78 is 16.4. The minimum atomic E-state index is -0.517. The molecule has 2 rings (SSSR count). The topological polar surface area (TPSA) is 97.6 Å². The number of nitriles is 1. The van der Waals surface area contributed by atoms with Crippen LogP contribution in [0.2, 0.25) is 0 Å². The number of methoxy groups -OCH3 is 1. The van der Waals surface area contributed by atoms with E-state index in [4.69, 9.17) is 9.47 Å². The van der Waals surface area contributed by atoms with Gasteiger partial charge in [-0.1, -0.05) is 18.2 Å². The smallest absolute Gasteiger partial charge is 0.343 e. The van der Waals surface area contributed by atoms with E-state index < -0.39 is 11.9 Å². The highest BCUT2D eigenvalue weighted by molar-refractivity contribution is 14.1. The zero-order valence-electron chi connectivity index (χ0n) is 15.9. The quantitative estimate of drug-likeness (QED) is 0.253. The van der Waals surface area contributed by atoms with Crippen LogP contribution in [0, 0.1) is 14.9 Å². The first-order valence-corrected chi connectivity index (χ1v) is 9.70. The van der Waals surface area contributed by atoms with Crippen LogP contribution in [0.3, 0.4) is 0 Å². The fraction of sp³-hybridized carbons (Fsp3) is 0.190. The molecule has 0 aliphatic carbocycles. The third-order valence-corrected chi connectivity index (χ3v) is 4.40. The third kappa shape index (κ3) is 6.50. The van der Waals surface area contributed by atoms with Crippen LogP contribution in [0.5, 0.6) is 11.5 Å². The van der Waals surface area contributed by atoms with Crippen molar-refractivity contribution in [3.8, 4) is 17.6 Å². The van der Waals surface area contributed by atoms with Crippen molar-refractivity contribution in [3.63, 3.8) is 0 Å². The number of para-hydroxylation sites is 1. The number of nitrogens with one attached hydrogen (secondary N) is 1. The maximum atomic E-state index is 12.4. The Hall–Kier alpha value is -3.06. The molecule has 0 aliphatic heterocycles. The number of hydrogen-bond donors (Lipinski definition) is 1. The van der Waals surface area contributed by atoms with E-state index in [0.29, 0.717) is 32.9 Å². The first kappa shape index (κ1) is 22.2. The molecule has 0 saturated heterocycles. The summed E-state index contributed by atoms with van der Waals surface area (Å²) in [5.41, 5.74) is 1.12. The second-order valence-electron chi connectivity index (χ2n) is 5.62. The molecule has 1 amide bonds. The van der Waals surface area contributed by atoms with Crippen molar-refractivity contribution in [1.82, 2.24) is 0 Å². The Bertz CT molecular complexity index is 952. The van der Waals surface area contributed by atoms with E-state index in [1.54, 1.807) is 36.4 Å². The van der Waals surface area contributed by atoms with Crippen LogP contribution < -0.4 is 14.8 Å². The van der Waals surface area contributed by atoms with Gasteiger partial charge in [-0.25, -0.2) is 4.79 Å². The van der Waals surface area contributed by atoms with Crippen LogP contribution in [-0.4, -0.2) is 32.2 Å². The number of benzene rings is 2. The van der Waals surface area contributed by atoms with Gasteiger partial charge in [-0.2, -0.15) is 5.26 Å². The summed E-state index contributed by atoms with van der Waals surface area (Å²) in [7, 11) is 1.28. The summed E-state index contributed by atoms with van der Waals surface area (Å²) in [6, 6.07) is 14.2. The predicted molar refractivity (Wildman–Crippen MR) is 117 cm³/mol. The van der Waals surface area contributed by atoms with E-state index in [-0.39, 0.29) is 12.2 Å². The summed E-state index contributed by atoms with van der Waals surface area (Å²) in [5.74, 6) is -0.244. The lowest BCUT2D eigenvalue weighted by molar-refractivity contribution is -0.142. The van der Waals surface area contributed by atoms with Gasteiger partial charge in [0.25, 0.3) is 5.91 Å². The fourth-order valence-corrected chi connectivity index (χ4v) is 3.08. The molecule has 7 nitrogen and oxygen atoms in total. The molecule has 0 spiro atoms. The van der Waals surface area contributed by atoms with Gasteiger partial charge in [0.2, 0.25) is 0 Å². The maximum Gasteiger partial charge on any atom is 0.343 e. The normalized spacial score (nSPS) is 10.6. The SMILES string of the molecule is CCOc1cc(/C=C(\C#N)C(=O)Nc2ccccc2)cc(I)c1OCC(=O)OC. The molecule has 0 fully saturated rings. The second kappa shape index (κ2) is 11.1. The van der Waals surface area contributed by atoms with Crippen LogP contribution in [0.1, 0.15) is 12.5 Å². The monoisotopic (exact) mass is 506 g/mol. The number of rotatable bonds is 8. The molecule has 0 aliphatic rings.